The molecule has 0 bridgehead atoms. The molecule has 0 aromatic heterocycles. The van der Waals surface area contributed by atoms with E-state index in [1.165, 1.54) is 17.5 Å². The van der Waals surface area contributed by atoms with E-state index >= 15 is 0 Å². The summed E-state index contributed by atoms with van der Waals surface area (Å²) in [5.41, 5.74) is 4.63. The van der Waals surface area contributed by atoms with E-state index in [4.69, 9.17) is 16.3 Å². The van der Waals surface area contributed by atoms with Gasteiger partial charge in [0.25, 0.3) is 0 Å². The van der Waals surface area contributed by atoms with Gasteiger partial charge in [0.2, 0.25) is 0 Å². The largest absolute Gasteiger partial charge is 0.491 e. The van der Waals surface area contributed by atoms with Crippen LogP contribution in [-0.2, 0) is 17.4 Å². The van der Waals surface area contributed by atoms with Crippen molar-refractivity contribution in [3.8, 4) is 5.75 Å². The molecule has 0 spiro atoms. The van der Waals surface area contributed by atoms with Crippen LogP contribution in [0.4, 0.5) is 5.69 Å². The minimum absolute atomic E-state index is 0.247. The van der Waals surface area contributed by atoms with E-state index in [2.05, 4.69) is 30.0 Å². The molecule has 0 saturated carbocycles. The fourth-order valence-corrected chi connectivity index (χ4v) is 5.51. The molecule has 0 aliphatic carbocycles. The first-order chi connectivity index (χ1) is 17.3. The fraction of sp³-hybridized carbons (Fsp3) is 0.586. The van der Waals surface area contributed by atoms with E-state index < -0.39 is 17.1 Å². The molecule has 1 aliphatic heterocycles. The lowest BCUT2D eigenvalue weighted by Gasteiger charge is -2.28. The molecule has 36 heavy (non-hydrogen) atoms. The van der Waals surface area contributed by atoms with Crippen LogP contribution in [0.5, 0.6) is 5.75 Å². The van der Waals surface area contributed by atoms with Gasteiger partial charge in [0.15, 0.2) is 0 Å². The lowest BCUT2D eigenvalue weighted by Crippen LogP contribution is -2.30. The number of nitrogens with zero attached hydrogens (tertiary/aromatic N) is 2. The van der Waals surface area contributed by atoms with Crippen molar-refractivity contribution in [1.29, 1.82) is 0 Å². The van der Waals surface area contributed by atoms with Crippen LogP contribution < -0.4 is 9.64 Å². The van der Waals surface area contributed by atoms with Crippen molar-refractivity contribution < 1.29 is 14.1 Å². The zero-order valence-corrected chi connectivity index (χ0v) is 23.9. The van der Waals surface area contributed by atoms with Crippen molar-refractivity contribution in [2.24, 2.45) is 0 Å². The Kier molecular flexibility index (Phi) is 11.6. The number of hydrogen-bond acceptors (Lipinski definition) is 4. The van der Waals surface area contributed by atoms with Crippen molar-refractivity contribution in [1.82, 2.24) is 4.31 Å². The molecule has 0 fully saturated rings. The van der Waals surface area contributed by atoms with Crippen molar-refractivity contribution >= 4 is 28.3 Å². The molecular formula is C29H43ClN2O3S. The highest BCUT2D eigenvalue weighted by molar-refractivity contribution is 7.81. The normalized spacial score (nSPS) is 17.4. The second kappa shape index (κ2) is 14.4. The molecule has 2 aromatic rings. The Balaban J connectivity index is 1.71. The van der Waals surface area contributed by atoms with Gasteiger partial charge < -0.3 is 14.7 Å². The zero-order valence-electron chi connectivity index (χ0n) is 22.3. The van der Waals surface area contributed by atoms with Crippen LogP contribution in [0.15, 0.2) is 36.4 Å². The van der Waals surface area contributed by atoms with E-state index in [0.29, 0.717) is 6.61 Å². The molecule has 2 aromatic carbocycles. The lowest BCUT2D eigenvalue weighted by atomic mass is 9.92. The van der Waals surface area contributed by atoms with Crippen LogP contribution in [-0.4, -0.2) is 53.2 Å². The smallest absolute Gasteiger partial charge is 0.142 e. The Hall–Kier alpha value is -1.60. The standard InChI is InChI=1S/C29H43ClN2O3S/c1-5-11-24-18-26(30)13-14-27(24)25-20-32(17-10-8-6-7-9-16-31(3)36(4)34)28-19-23(22(2)33)12-15-29(28)35-21-25/h12-15,18-19,22,25,33H,5-11,16-17,20-21H2,1-4H3. The number of ether oxygens (including phenoxy) is 1. The fourth-order valence-electron chi connectivity index (χ4n) is 4.93. The van der Waals surface area contributed by atoms with Gasteiger partial charge in [-0.2, -0.15) is 0 Å². The second-order valence-electron chi connectivity index (χ2n) is 9.99. The van der Waals surface area contributed by atoms with Gasteiger partial charge in [-0.15, -0.1) is 0 Å². The van der Waals surface area contributed by atoms with E-state index in [-0.39, 0.29) is 5.92 Å². The summed E-state index contributed by atoms with van der Waals surface area (Å²) < 4.78 is 19.7. The van der Waals surface area contributed by atoms with Crippen molar-refractivity contribution in [3.63, 3.8) is 0 Å². The Morgan fingerprint density at radius 2 is 1.92 bits per heavy atom. The maximum absolute atomic E-state index is 11.5. The molecule has 0 radical (unpaired) electrons. The molecule has 0 amide bonds. The molecule has 200 valence electrons. The molecule has 1 heterocycles. The molecular weight excluding hydrogens is 492 g/mol. The number of fused-ring (bicyclic) bond motifs is 1. The SMILES string of the molecule is CCCc1cc(Cl)ccc1C1COc2ccc(C(C)O)cc2N(CCCCCCCN(C)S(C)=O)C1. The minimum atomic E-state index is -0.885. The number of unbranched alkanes of at least 4 members (excludes halogenated alkanes) is 4. The number of anilines is 1. The number of rotatable bonds is 13. The first-order valence-corrected chi connectivity index (χ1v) is 15.2. The summed E-state index contributed by atoms with van der Waals surface area (Å²) in [6, 6.07) is 12.4. The Bertz CT molecular complexity index is 1000. The summed E-state index contributed by atoms with van der Waals surface area (Å²) in [6.45, 7) is 7.34. The van der Waals surface area contributed by atoms with Gasteiger partial charge in [0, 0.05) is 36.8 Å². The molecule has 3 rings (SSSR count). The third kappa shape index (κ3) is 8.20. The molecule has 3 atom stereocenters. The number of aliphatic hydroxyl groups excluding tert-OH is 1. The molecule has 5 nitrogen and oxygen atoms in total. The van der Waals surface area contributed by atoms with Gasteiger partial charge in [-0.05, 0) is 74.2 Å². The lowest BCUT2D eigenvalue weighted by molar-refractivity contribution is 0.199. The van der Waals surface area contributed by atoms with Gasteiger partial charge in [-0.1, -0.05) is 56.3 Å². The van der Waals surface area contributed by atoms with Crippen molar-refractivity contribution in [3.05, 3.63) is 58.1 Å². The Morgan fingerprint density at radius 1 is 1.17 bits per heavy atom. The highest BCUT2D eigenvalue weighted by Gasteiger charge is 2.26. The molecule has 1 aliphatic rings. The van der Waals surface area contributed by atoms with Gasteiger partial charge in [-0.3, -0.25) is 0 Å². The summed E-state index contributed by atoms with van der Waals surface area (Å²) in [7, 11) is 1.03. The van der Waals surface area contributed by atoms with Crippen molar-refractivity contribution in [2.45, 2.75) is 70.8 Å². The van der Waals surface area contributed by atoms with Crippen LogP contribution in [0.25, 0.3) is 0 Å². The van der Waals surface area contributed by atoms with E-state index in [9.17, 15) is 9.32 Å². The van der Waals surface area contributed by atoms with E-state index in [1.807, 2.05) is 36.5 Å². The van der Waals surface area contributed by atoms with Crippen molar-refractivity contribution in [2.75, 3.05) is 44.4 Å². The van der Waals surface area contributed by atoms with Gasteiger partial charge in [-0.25, -0.2) is 8.51 Å². The first kappa shape index (κ1) is 29.0. The Labute approximate surface area is 225 Å². The molecule has 7 heteroatoms. The Morgan fingerprint density at radius 3 is 2.64 bits per heavy atom. The number of aryl methyl sites for hydroxylation is 1. The average molecular weight is 535 g/mol. The number of benzene rings is 2. The van der Waals surface area contributed by atoms with E-state index in [1.54, 1.807) is 6.26 Å². The minimum Gasteiger partial charge on any atom is -0.491 e. The monoisotopic (exact) mass is 534 g/mol. The molecule has 1 N–H and O–H groups in total. The van der Waals surface area contributed by atoms with Crippen LogP contribution in [0.2, 0.25) is 5.02 Å². The zero-order chi connectivity index (χ0) is 26.1. The summed E-state index contributed by atoms with van der Waals surface area (Å²) in [5.74, 6) is 1.14. The van der Waals surface area contributed by atoms with Crippen LogP contribution in [0.3, 0.4) is 0 Å². The van der Waals surface area contributed by atoms with E-state index in [0.717, 1.165) is 80.2 Å². The van der Waals surface area contributed by atoms with Gasteiger partial charge in [0.05, 0.1) is 29.4 Å². The quantitative estimate of drug-likeness (QED) is 0.298. The topological polar surface area (TPSA) is 53.0 Å². The average Bonchev–Trinajstić information content (AvgIpc) is 3.02. The third-order valence-electron chi connectivity index (χ3n) is 7.09. The summed E-state index contributed by atoms with van der Waals surface area (Å²) >= 11 is 6.34. The van der Waals surface area contributed by atoms with Gasteiger partial charge in [0.1, 0.15) is 5.75 Å². The summed E-state index contributed by atoms with van der Waals surface area (Å²) in [6.07, 6.45) is 8.97. The van der Waals surface area contributed by atoms with Crippen LogP contribution in [0.1, 0.15) is 81.1 Å². The van der Waals surface area contributed by atoms with Crippen LogP contribution in [0, 0.1) is 0 Å². The van der Waals surface area contributed by atoms with Crippen LogP contribution >= 0.6 is 11.6 Å². The maximum Gasteiger partial charge on any atom is 0.142 e. The second-order valence-corrected chi connectivity index (χ2v) is 11.9. The third-order valence-corrected chi connectivity index (χ3v) is 8.39. The predicted octanol–water partition coefficient (Wildman–Crippen LogP) is 6.50. The summed E-state index contributed by atoms with van der Waals surface area (Å²) in [4.78, 5) is 2.46. The number of aliphatic hydroxyl groups is 1. The number of hydrogen-bond donors (Lipinski definition) is 1. The first-order valence-electron chi connectivity index (χ1n) is 13.3. The molecule has 0 saturated heterocycles. The summed E-state index contributed by atoms with van der Waals surface area (Å²) in [5, 5.41) is 11.0. The maximum atomic E-state index is 11.5. The molecule has 3 unspecified atom stereocenters. The predicted molar refractivity (Wildman–Crippen MR) is 153 cm³/mol. The van der Waals surface area contributed by atoms with Gasteiger partial charge >= 0.3 is 0 Å². The number of halogens is 1. The highest BCUT2D eigenvalue weighted by Crippen LogP contribution is 2.38. The highest BCUT2D eigenvalue weighted by atomic mass is 35.5.